The van der Waals surface area contributed by atoms with Gasteiger partial charge in [0.05, 0.1) is 12.6 Å². The van der Waals surface area contributed by atoms with Crippen molar-refractivity contribution in [2.45, 2.75) is 19.4 Å². The van der Waals surface area contributed by atoms with Gasteiger partial charge < -0.3 is 10.1 Å². The minimum Gasteiger partial charge on any atom is -0.380 e. The van der Waals surface area contributed by atoms with Crippen LogP contribution in [0.5, 0.6) is 0 Å². The highest BCUT2D eigenvalue weighted by Crippen LogP contribution is 2.14. The van der Waals surface area contributed by atoms with Gasteiger partial charge in [-0.25, -0.2) is 0 Å². The van der Waals surface area contributed by atoms with Crippen molar-refractivity contribution in [3.8, 4) is 0 Å². The summed E-state index contributed by atoms with van der Waals surface area (Å²) in [5.41, 5.74) is 2.49. The molecular formula is C11H15NO. The van der Waals surface area contributed by atoms with Crippen LogP contribution >= 0.6 is 0 Å². The maximum absolute atomic E-state index is 5.29. The summed E-state index contributed by atoms with van der Waals surface area (Å²) >= 11 is 0. The second-order valence-corrected chi connectivity index (χ2v) is 3.57. The highest BCUT2D eigenvalue weighted by molar-refractivity contribution is 5.45. The Morgan fingerprint density at radius 3 is 2.69 bits per heavy atom. The first-order chi connectivity index (χ1) is 6.34. The van der Waals surface area contributed by atoms with E-state index in [1.54, 1.807) is 0 Å². The molecule has 0 radical (unpaired) electrons. The Morgan fingerprint density at radius 2 is 2.08 bits per heavy atom. The average molecular weight is 177 g/mol. The lowest BCUT2D eigenvalue weighted by atomic mass is 10.2. The lowest BCUT2D eigenvalue weighted by molar-refractivity contribution is 0.195. The lowest BCUT2D eigenvalue weighted by Gasteiger charge is -2.11. The topological polar surface area (TPSA) is 21.3 Å². The van der Waals surface area contributed by atoms with Gasteiger partial charge in [-0.2, -0.15) is 0 Å². The molecule has 1 N–H and O–H groups in total. The number of ether oxygens (including phenoxy) is 1. The fourth-order valence-corrected chi connectivity index (χ4v) is 1.53. The molecule has 1 saturated heterocycles. The molecule has 1 aromatic rings. The SMILES string of the molecule is Cc1ccc(N[C@@H]2CCOC2)cc1. The molecule has 2 nitrogen and oxygen atoms in total. The van der Waals surface area contributed by atoms with E-state index < -0.39 is 0 Å². The van der Waals surface area contributed by atoms with E-state index in [0.717, 1.165) is 19.6 Å². The quantitative estimate of drug-likeness (QED) is 0.747. The van der Waals surface area contributed by atoms with E-state index in [4.69, 9.17) is 4.74 Å². The molecule has 1 atom stereocenters. The van der Waals surface area contributed by atoms with Crippen LogP contribution in [0.25, 0.3) is 0 Å². The van der Waals surface area contributed by atoms with Gasteiger partial charge in [0.15, 0.2) is 0 Å². The highest BCUT2D eigenvalue weighted by Gasteiger charge is 2.14. The molecule has 2 rings (SSSR count). The van der Waals surface area contributed by atoms with Crippen molar-refractivity contribution in [1.82, 2.24) is 0 Å². The highest BCUT2D eigenvalue weighted by atomic mass is 16.5. The average Bonchev–Trinajstić information content (AvgIpc) is 2.62. The lowest BCUT2D eigenvalue weighted by Crippen LogP contribution is -2.18. The Labute approximate surface area is 78.9 Å². The molecule has 0 saturated carbocycles. The Morgan fingerprint density at radius 1 is 1.31 bits per heavy atom. The zero-order valence-electron chi connectivity index (χ0n) is 7.92. The van der Waals surface area contributed by atoms with Crippen LogP contribution < -0.4 is 5.32 Å². The summed E-state index contributed by atoms with van der Waals surface area (Å²) in [6.45, 7) is 3.83. The fourth-order valence-electron chi connectivity index (χ4n) is 1.53. The van der Waals surface area contributed by atoms with Crippen LogP contribution in [0.4, 0.5) is 5.69 Å². The molecular weight excluding hydrogens is 162 g/mol. The van der Waals surface area contributed by atoms with Gasteiger partial charge in [-0.1, -0.05) is 17.7 Å². The van der Waals surface area contributed by atoms with Crippen LogP contribution in [0.1, 0.15) is 12.0 Å². The minimum absolute atomic E-state index is 0.503. The van der Waals surface area contributed by atoms with Gasteiger partial charge in [0, 0.05) is 12.3 Å². The van der Waals surface area contributed by atoms with Crippen molar-refractivity contribution in [3.63, 3.8) is 0 Å². The molecule has 1 fully saturated rings. The molecule has 1 heterocycles. The summed E-state index contributed by atoms with van der Waals surface area (Å²) in [5.74, 6) is 0. The van der Waals surface area contributed by atoms with Crippen LogP contribution in [-0.4, -0.2) is 19.3 Å². The van der Waals surface area contributed by atoms with E-state index >= 15 is 0 Å². The molecule has 2 heteroatoms. The first-order valence-corrected chi connectivity index (χ1v) is 4.75. The predicted molar refractivity (Wildman–Crippen MR) is 54.0 cm³/mol. The molecule has 0 aromatic heterocycles. The van der Waals surface area contributed by atoms with Gasteiger partial charge in [0.25, 0.3) is 0 Å². The smallest absolute Gasteiger partial charge is 0.0668 e. The second kappa shape index (κ2) is 3.79. The summed E-state index contributed by atoms with van der Waals surface area (Å²) in [5, 5.41) is 3.44. The van der Waals surface area contributed by atoms with Gasteiger partial charge in [-0.15, -0.1) is 0 Å². The molecule has 0 spiro atoms. The maximum atomic E-state index is 5.29. The van der Waals surface area contributed by atoms with Crippen molar-refractivity contribution < 1.29 is 4.74 Å². The van der Waals surface area contributed by atoms with E-state index in [9.17, 15) is 0 Å². The molecule has 1 aliphatic heterocycles. The van der Waals surface area contributed by atoms with Crippen molar-refractivity contribution in [2.24, 2.45) is 0 Å². The Hall–Kier alpha value is -1.02. The first-order valence-electron chi connectivity index (χ1n) is 4.75. The Bertz CT molecular complexity index is 262. The predicted octanol–water partition coefficient (Wildman–Crippen LogP) is 2.20. The summed E-state index contributed by atoms with van der Waals surface area (Å²) in [6, 6.07) is 8.99. The van der Waals surface area contributed by atoms with Crippen LogP contribution in [-0.2, 0) is 4.74 Å². The third-order valence-electron chi connectivity index (χ3n) is 2.35. The monoisotopic (exact) mass is 177 g/mol. The van der Waals surface area contributed by atoms with Gasteiger partial charge in [-0.3, -0.25) is 0 Å². The van der Waals surface area contributed by atoms with Crippen LogP contribution in [0.15, 0.2) is 24.3 Å². The van der Waals surface area contributed by atoms with E-state index in [2.05, 4.69) is 36.5 Å². The van der Waals surface area contributed by atoms with Crippen molar-refractivity contribution in [3.05, 3.63) is 29.8 Å². The number of rotatable bonds is 2. The zero-order chi connectivity index (χ0) is 9.10. The number of benzene rings is 1. The molecule has 70 valence electrons. The molecule has 0 amide bonds. The van der Waals surface area contributed by atoms with Gasteiger partial charge in [0.1, 0.15) is 0 Å². The molecule has 1 aliphatic rings. The molecule has 1 aromatic carbocycles. The van der Waals surface area contributed by atoms with E-state index in [1.165, 1.54) is 11.3 Å². The van der Waals surface area contributed by atoms with Gasteiger partial charge in [-0.05, 0) is 25.5 Å². The van der Waals surface area contributed by atoms with Crippen LogP contribution in [0.2, 0.25) is 0 Å². The minimum atomic E-state index is 0.503. The van der Waals surface area contributed by atoms with Crippen LogP contribution in [0, 0.1) is 6.92 Å². The van der Waals surface area contributed by atoms with E-state index in [-0.39, 0.29) is 0 Å². The van der Waals surface area contributed by atoms with Gasteiger partial charge in [0.2, 0.25) is 0 Å². The second-order valence-electron chi connectivity index (χ2n) is 3.57. The number of hydrogen-bond acceptors (Lipinski definition) is 2. The Kier molecular flexibility index (Phi) is 2.50. The third kappa shape index (κ3) is 2.22. The summed E-state index contributed by atoms with van der Waals surface area (Å²) < 4.78 is 5.29. The summed E-state index contributed by atoms with van der Waals surface area (Å²) in [6.07, 6.45) is 1.12. The standard InChI is InChI=1S/C11H15NO/c1-9-2-4-10(5-3-9)12-11-6-7-13-8-11/h2-5,11-12H,6-8H2,1H3/t11-/m1/s1. The molecule has 0 unspecified atom stereocenters. The normalized spacial score (nSPS) is 21.8. The van der Waals surface area contributed by atoms with Gasteiger partial charge >= 0.3 is 0 Å². The Balaban J connectivity index is 1.97. The number of aryl methyl sites for hydroxylation is 1. The van der Waals surface area contributed by atoms with Crippen molar-refractivity contribution in [2.75, 3.05) is 18.5 Å². The van der Waals surface area contributed by atoms with Crippen LogP contribution in [0.3, 0.4) is 0 Å². The van der Waals surface area contributed by atoms with E-state index in [1.807, 2.05) is 0 Å². The maximum Gasteiger partial charge on any atom is 0.0668 e. The third-order valence-corrected chi connectivity index (χ3v) is 2.35. The molecule has 0 aliphatic carbocycles. The number of hydrogen-bond donors (Lipinski definition) is 1. The number of anilines is 1. The number of nitrogens with one attached hydrogen (secondary N) is 1. The summed E-state index contributed by atoms with van der Waals surface area (Å²) in [4.78, 5) is 0. The van der Waals surface area contributed by atoms with E-state index in [0.29, 0.717) is 6.04 Å². The summed E-state index contributed by atoms with van der Waals surface area (Å²) in [7, 11) is 0. The van der Waals surface area contributed by atoms with Crippen molar-refractivity contribution >= 4 is 5.69 Å². The first kappa shape index (κ1) is 8.57. The molecule has 13 heavy (non-hydrogen) atoms. The fraction of sp³-hybridized carbons (Fsp3) is 0.455. The zero-order valence-corrected chi connectivity index (χ0v) is 7.92. The van der Waals surface area contributed by atoms with Crippen molar-refractivity contribution in [1.29, 1.82) is 0 Å². The largest absolute Gasteiger partial charge is 0.380 e. The molecule has 0 bridgehead atoms.